The van der Waals surface area contributed by atoms with Gasteiger partial charge in [-0.05, 0) is 31.4 Å². The van der Waals surface area contributed by atoms with Crippen LogP contribution in [0, 0.1) is 5.92 Å². The fourth-order valence-corrected chi connectivity index (χ4v) is 5.39. The molecule has 1 aromatic carbocycles. The van der Waals surface area contributed by atoms with Crippen LogP contribution in [0.2, 0.25) is 0 Å². The van der Waals surface area contributed by atoms with Gasteiger partial charge in [-0.3, -0.25) is 19.3 Å². The minimum absolute atomic E-state index is 0.110. The second-order valence-electron chi connectivity index (χ2n) is 7.63. The number of nitrogens with zero attached hydrogens (tertiary/aromatic N) is 2. The van der Waals surface area contributed by atoms with Gasteiger partial charge < -0.3 is 14.2 Å². The summed E-state index contributed by atoms with van der Waals surface area (Å²) in [5, 5.41) is 0. The first-order chi connectivity index (χ1) is 14.9. The summed E-state index contributed by atoms with van der Waals surface area (Å²) >= 11 is 0. The topological polar surface area (TPSA) is 120 Å². The minimum Gasteiger partial charge on any atom is -0.486 e. The van der Waals surface area contributed by atoms with E-state index in [1.54, 1.807) is 6.07 Å². The number of benzene rings is 1. The average molecular weight is 452 g/mol. The number of likely N-dealkylation sites (tertiary alicyclic amines) is 1. The molecule has 168 valence electrons. The van der Waals surface area contributed by atoms with Crippen LogP contribution in [-0.4, -0.2) is 74.9 Å². The SMILES string of the molecule is O=C(OCC(=O)N1CCCC1=O)C1CCN(S(=O)(=O)c2ccc3c(c2)OCCO3)CC1. The smallest absolute Gasteiger partial charge is 0.309 e. The van der Waals surface area contributed by atoms with Crippen molar-refractivity contribution in [2.75, 3.05) is 39.5 Å². The van der Waals surface area contributed by atoms with Crippen molar-refractivity contribution >= 4 is 27.8 Å². The summed E-state index contributed by atoms with van der Waals surface area (Å²) in [5.74, 6) is -0.901. The van der Waals surface area contributed by atoms with Crippen LogP contribution in [0.5, 0.6) is 11.5 Å². The predicted molar refractivity (Wildman–Crippen MR) is 106 cm³/mol. The Morgan fingerprint density at radius 1 is 1.06 bits per heavy atom. The Hall–Kier alpha value is -2.66. The van der Waals surface area contributed by atoms with Crippen molar-refractivity contribution in [2.24, 2.45) is 5.92 Å². The number of esters is 1. The lowest BCUT2D eigenvalue weighted by Gasteiger charge is -2.30. The summed E-state index contributed by atoms with van der Waals surface area (Å²) < 4.78 is 43.3. The van der Waals surface area contributed by atoms with Crippen molar-refractivity contribution in [2.45, 2.75) is 30.6 Å². The quantitative estimate of drug-likeness (QED) is 0.594. The number of ether oxygens (including phenoxy) is 3. The average Bonchev–Trinajstić information content (AvgIpc) is 3.23. The first kappa shape index (κ1) is 21.6. The molecule has 2 saturated heterocycles. The van der Waals surface area contributed by atoms with E-state index in [4.69, 9.17) is 14.2 Å². The molecule has 1 aromatic rings. The van der Waals surface area contributed by atoms with E-state index in [0.29, 0.717) is 56.9 Å². The lowest BCUT2D eigenvalue weighted by Crippen LogP contribution is -2.41. The van der Waals surface area contributed by atoms with Gasteiger partial charge in [-0.25, -0.2) is 8.42 Å². The molecule has 10 nitrogen and oxygen atoms in total. The molecule has 3 aliphatic rings. The molecule has 0 bridgehead atoms. The highest BCUT2D eigenvalue weighted by Crippen LogP contribution is 2.34. The van der Waals surface area contributed by atoms with Crippen molar-refractivity contribution in [3.05, 3.63) is 18.2 Å². The molecular weight excluding hydrogens is 428 g/mol. The predicted octanol–water partition coefficient (Wildman–Crippen LogP) is 0.551. The second-order valence-corrected chi connectivity index (χ2v) is 9.57. The third kappa shape index (κ3) is 4.52. The summed E-state index contributed by atoms with van der Waals surface area (Å²) in [6.45, 7) is 0.983. The number of hydrogen-bond donors (Lipinski definition) is 0. The number of sulfonamides is 1. The first-order valence-electron chi connectivity index (χ1n) is 10.3. The highest BCUT2D eigenvalue weighted by Gasteiger charge is 2.34. The molecule has 4 rings (SSSR count). The largest absolute Gasteiger partial charge is 0.486 e. The number of carbonyl (C=O) groups excluding carboxylic acids is 3. The monoisotopic (exact) mass is 452 g/mol. The van der Waals surface area contributed by atoms with Crippen LogP contribution >= 0.6 is 0 Å². The van der Waals surface area contributed by atoms with Crippen LogP contribution in [0.25, 0.3) is 0 Å². The van der Waals surface area contributed by atoms with Gasteiger partial charge in [0.1, 0.15) is 13.2 Å². The Balaban J connectivity index is 1.31. The van der Waals surface area contributed by atoms with E-state index in [2.05, 4.69) is 0 Å². The number of fused-ring (bicyclic) bond motifs is 1. The van der Waals surface area contributed by atoms with Gasteiger partial charge in [0.05, 0.1) is 10.8 Å². The Morgan fingerprint density at radius 2 is 1.77 bits per heavy atom. The number of rotatable bonds is 5. The molecule has 0 saturated carbocycles. The molecule has 31 heavy (non-hydrogen) atoms. The van der Waals surface area contributed by atoms with Gasteiger partial charge in [0.25, 0.3) is 5.91 Å². The lowest BCUT2D eigenvalue weighted by atomic mass is 9.98. The van der Waals surface area contributed by atoms with E-state index >= 15 is 0 Å². The zero-order valence-electron chi connectivity index (χ0n) is 16.9. The van der Waals surface area contributed by atoms with Crippen LogP contribution in [0.3, 0.4) is 0 Å². The third-order valence-corrected chi connectivity index (χ3v) is 7.55. The van der Waals surface area contributed by atoms with Crippen LogP contribution < -0.4 is 9.47 Å². The zero-order valence-corrected chi connectivity index (χ0v) is 17.8. The van der Waals surface area contributed by atoms with E-state index in [0.717, 1.165) is 4.90 Å². The summed E-state index contributed by atoms with van der Waals surface area (Å²) in [7, 11) is -3.74. The molecule has 0 unspecified atom stereocenters. The first-order valence-corrected chi connectivity index (χ1v) is 11.7. The second kappa shape index (κ2) is 8.83. The van der Waals surface area contributed by atoms with Gasteiger partial charge in [-0.15, -0.1) is 0 Å². The molecule has 2 fully saturated rings. The molecule has 0 atom stereocenters. The lowest BCUT2D eigenvalue weighted by molar-refractivity contribution is -0.158. The van der Waals surface area contributed by atoms with Crippen LogP contribution in [0.1, 0.15) is 25.7 Å². The highest BCUT2D eigenvalue weighted by molar-refractivity contribution is 7.89. The standard InChI is InChI=1S/C20H24N2O8S/c23-18-2-1-7-22(18)19(24)13-30-20(25)14-5-8-21(9-6-14)31(26,27)15-3-4-16-17(12-15)29-11-10-28-16/h3-4,12,14H,1-2,5-11,13H2. The van der Waals surface area contributed by atoms with Crippen LogP contribution in [-0.2, 0) is 29.1 Å². The fraction of sp³-hybridized carbons (Fsp3) is 0.550. The van der Waals surface area contributed by atoms with E-state index in [1.807, 2.05) is 0 Å². The van der Waals surface area contributed by atoms with E-state index in [1.165, 1.54) is 16.4 Å². The molecule has 3 heterocycles. The summed E-state index contributed by atoms with van der Waals surface area (Å²) in [6, 6.07) is 4.51. The molecule has 0 N–H and O–H groups in total. The maximum Gasteiger partial charge on any atom is 0.309 e. The van der Waals surface area contributed by atoms with Crippen LogP contribution in [0.4, 0.5) is 0 Å². The Labute approximate surface area is 180 Å². The van der Waals surface area contributed by atoms with Crippen molar-refractivity contribution < 1.29 is 37.0 Å². The number of amides is 2. The Kier molecular flexibility index (Phi) is 6.15. The molecule has 3 aliphatic heterocycles. The molecule has 0 aromatic heterocycles. The van der Waals surface area contributed by atoms with Crippen molar-refractivity contribution in [3.8, 4) is 11.5 Å². The van der Waals surface area contributed by atoms with E-state index < -0.39 is 34.4 Å². The third-order valence-electron chi connectivity index (χ3n) is 5.65. The summed E-state index contributed by atoms with van der Waals surface area (Å²) in [6.07, 6.45) is 1.53. The maximum absolute atomic E-state index is 13.0. The van der Waals surface area contributed by atoms with Crippen molar-refractivity contribution in [1.82, 2.24) is 9.21 Å². The molecule has 0 aliphatic carbocycles. The number of imide groups is 1. The molecule has 0 spiro atoms. The highest BCUT2D eigenvalue weighted by atomic mass is 32.2. The fourth-order valence-electron chi connectivity index (χ4n) is 3.91. The van der Waals surface area contributed by atoms with Gasteiger partial charge in [0.15, 0.2) is 18.1 Å². The van der Waals surface area contributed by atoms with Crippen molar-refractivity contribution in [1.29, 1.82) is 0 Å². The number of carbonyl (C=O) groups is 3. The van der Waals surface area contributed by atoms with Gasteiger partial charge in [0, 0.05) is 32.1 Å². The van der Waals surface area contributed by atoms with Crippen LogP contribution in [0.15, 0.2) is 23.1 Å². The summed E-state index contributed by atoms with van der Waals surface area (Å²) in [5.41, 5.74) is 0. The molecule has 2 amide bonds. The Bertz CT molecular complexity index is 985. The summed E-state index contributed by atoms with van der Waals surface area (Å²) in [4.78, 5) is 37.1. The number of hydrogen-bond acceptors (Lipinski definition) is 8. The van der Waals surface area contributed by atoms with Gasteiger partial charge in [-0.1, -0.05) is 0 Å². The zero-order chi connectivity index (χ0) is 22.0. The van der Waals surface area contributed by atoms with Gasteiger partial charge in [-0.2, -0.15) is 4.31 Å². The normalized spacial score (nSPS) is 20.0. The van der Waals surface area contributed by atoms with E-state index in [-0.39, 0.29) is 23.9 Å². The van der Waals surface area contributed by atoms with E-state index in [9.17, 15) is 22.8 Å². The maximum atomic E-state index is 13.0. The molecular formula is C20H24N2O8S. The molecule has 0 radical (unpaired) electrons. The number of piperidine rings is 1. The van der Waals surface area contributed by atoms with Gasteiger partial charge in [0.2, 0.25) is 15.9 Å². The molecule has 11 heteroatoms. The van der Waals surface area contributed by atoms with Crippen molar-refractivity contribution in [3.63, 3.8) is 0 Å². The Morgan fingerprint density at radius 3 is 2.45 bits per heavy atom. The van der Waals surface area contributed by atoms with Gasteiger partial charge >= 0.3 is 5.97 Å². The minimum atomic E-state index is -3.74.